The number of hydrogen-bond donors (Lipinski definition) is 2. The highest BCUT2D eigenvalue weighted by Gasteiger charge is 2.41. The first-order valence-electron chi connectivity index (χ1n) is 7.25. The van der Waals surface area contributed by atoms with E-state index in [2.05, 4.69) is 33.0 Å². The van der Waals surface area contributed by atoms with E-state index in [9.17, 15) is 14.7 Å². The summed E-state index contributed by atoms with van der Waals surface area (Å²) in [6, 6.07) is 0. The number of carbonyl (C=O) groups is 2. The van der Waals surface area contributed by atoms with Gasteiger partial charge in [-0.15, -0.1) is 0 Å². The molecular weight excluding hydrogens is 242 g/mol. The van der Waals surface area contributed by atoms with Crippen LogP contribution in [0.15, 0.2) is 0 Å². The summed E-state index contributed by atoms with van der Waals surface area (Å²) in [7, 11) is 0. The van der Waals surface area contributed by atoms with Crippen LogP contribution in [0, 0.1) is 23.2 Å². The number of hydrogen-bond acceptors (Lipinski definition) is 2. The average Bonchev–Trinajstić information content (AvgIpc) is 2.71. The lowest BCUT2D eigenvalue weighted by molar-refractivity contribution is -0.146. The number of amides is 1. The van der Waals surface area contributed by atoms with E-state index in [0.29, 0.717) is 18.9 Å². The molecule has 1 unspecified atom stereocenters. The van der Waals surface area contributed by atoms with Crippen molar-refractivity contribution in [2.75, 3.05) is 6.54 Å². The fourth-order valence-electron chi connectivity index (χ4n) is 2.73. The fourth-order valence-corrected chi connectivity index (χ4v) is 2.73. The van der Waals surface area contributed by atoms with Gasteiger partial charge >= 0.3 is 5.97 Å². The first-order valence-corrected chi connectivity index (χ1v) is 7.25. The molecule has 0 heterocycles. The third-order valence-electron chi connectivity index (χ3n) is 4.07. The SMILES string of the molecule is CCC1C[C@H](C(=O)NCCC(C)(C)C)[C@H](C(=O)O)C1. The second-order valence-electron chi connectivity index (χ2n) is 6.90. The smallest absolute Gasteiger partial charge is 0.307 e. The molecule has 2 N–H and O–H groups in total. The second-order valence-corrected chi connectivity index (χ2v) is 6.90. The largest absolute Gasteiger partial charge is 0.481 e. The van der Waals surface area contributed by atoms with Crippen molar-refractivity contribution in [2.45, 2.75) is 53.4 Å². The molecular formula is C15H27NO3. The highest BCUT2D eigenvalue weighted by Crippen LogP contribution is 2.38. The Morgan fingerprint density at radius 1 is 1.21 bits per heavy atom. The van der Waals surface area contributed by atoms with Crippen molar-refractivity contribution in [3.63, 3.8) is 0 Å². The van der Waals surface area contributed by atoms with E-state index in [0.717, 1.165) is 19.3 Å². The minimum absolute atomic E-state index is 0.0763. The van der Waals surface area contributed by atoms with Gasteiger partial charge in [0.2, 0.25) is 5.91 Å². The van der Waals surface area contributed by atoms with E-state index < -0.39 is 11.9 Å². The van der Waals surface area contributed by atoms with Crippen LogP contribution >= 0.6 is 0 Å². The molecule has 1 aliphatic carbocycles. The first kappa shape index (κ1) is 16.0. The van der Waals surface area contributed by atoms with Crippen molar-refractivity contribution in [1.29, 1.82) is 0 Å². The molecule has 0 aromatic rings. The predicted octanol–water partition coefficient (Wildman–Crippen LogP) is 2.68. The Hall–Kier alpha value is -1.06. The molecule has 1 rings (SSSR count). The van der Waals surface area contributed by atoms with E-state index in [1.54, 1.807) is 0 Å². The van der Waals surface area contributed by atoms with Gasteiger partial charge in [0.15, 0.2) is 0 Å². The molecule has 1 fully saturated rings. The Morgan fingerprint density at radius 3 is 2.26 bits per heavy atom. The minimum Gasteiger partial charge on any atom is -0.481 e. The topological polar surface area (TPSA) is 66.4 Å². The van der Waals surface area contributed by atoms with Gasteiger partial charge in [0, 0.05) is 6.54 Å². The highest BCUT2D eigenvalue weighted by molar-refractivity contribution is 5.85. The van der Waals surface area contributed by atoms with Crippen molar-refractivity contribution in [2.24, 2.45) is 23.2 Å². The Bertz CT molecular complexity index is 333. The lowest BCUT2D eigenvalue weighted by atomic mass is 9.91. The van der Waals surface area contributed by atoms with E-state index in [-0.39, 0.29) is 17.2 Å². The number of nitrogens with one attached hydrogen (secondary N) is 1. The Balaban J connectivity index is 2.52. The molecule has 1 aliphatic rings. The predicted molar refractivity (Wildman–Crippen MR) is 74.7 cm³/mol. The van der Waals surface area contributed by atoms with Crippen LogP contribution in [0.25, 0.3) is 0 Å². The van der Waals surface area contributed by atoms with Gasteiger partial charge in [0.1, 0.15) is 0 Å². The summed E-state index contributed by atoms with van der Waals surface area (Å²) in [6.07, 6.45) is 3.22. The number of rotatable bonds is 5. The van der Waals surface area contributed by atoms with Crippen molar-refractivity contribution >= 4 is 11.9 Å². The molecule has 4 heteroatoms. The van der Waals surface area contributed by atoms with Crippen LogP contribution in [0.2, 0.25) is 0 Å². The molecule has 4 nitrogen and oxygen atoms in total. The molecule has 0 radical (unpaired) electrons. The minimum atomic E-state index is -0.827. The molecule has 0 saturated heterocycles. The number of aliphatic carboxylic acids is 1. The van der Waals surface area contributed by atoms with Gasteiger partial charge in [-0.3, -0.25) is 9.59 Å². The average molecular weight is 269 g/mol. The summed E-state index contributed by atoms with van der Waals surface area (Å²) < 4.78 is 0. The summed E-state index contributed by atoms with van der Waals surface area (Å²) in [4.78, 5) is 23.4. The Kier molecular flexibility index (Phi) is 5.39. The fraction of sp³-hybridized carbons (Fsp3) is 0.867. The summed E-state index contributed by atoms with van der Waals surface area (Å²) in [6.45, 7) is 9.07. The molecule has 0 bridgehead atoms. The summed E-state index contributed by atoms with van der Waals surface area (Å²) in [5.74, 6) is -1.37. The van der Waals surface area contributed by atoms with Crippen LogP contribution in [-0.2, 0) is 9.59 Å². The van der Waals surface area contributed by atoms with Gasteiger partial charge in [-0.05, 0) is 30.6 Å². The maximum atomic E-state index is 12.1. The zero-order valence-electron chi connectivity index (χ0n) is 12.5. The lowest BCUT2D eigenvalue weighted by Gasteiger charge is -2.20. The van der Waals surface area contributed by atoms with Crippen LogP contribution in [0.4, 0.5) is 0 Å². The monoisotopic (exact) mass is 269 g/mol. The Labute approximate surface area is 116 Å². The van der Waals surface area contributed by atoms with Crippen LogP contribution in [0.3, 0.4) is 0 Å². The van der Waals surface area contributed by atoms with Crippen molar-refractivity contribution in [3.05, 3.63) is 0 Å². The quantitative estimate of drug-likeness (QED) is 0.806. The normalized spacial score (nSPS) is 27.3. The molecule has 0 aliphatic heterocycles. The van der Waals surface area contributed by atoms with Crippen molar-refractivity contribution < 1.29 is 14.7 Å². The van der Waals surface area contributed by atoms with Crippen LogP contribution in [0.5, 0.6) is 0 Å². The molecule has 19 heavy (non-hydrogen) atoms. The zero-order valence-corrected chi connectivity index (χ0v) is 12.5. The van der Waals surface area contributed by atoms with Gasteiger partial charge in [0.05, 0.1) is 11.8 Å². The lowest BCUT2D eigenvalue weighted by Crippen LogP contribution is -2.36. The van der Waals surface area contributed by atoms with Crippen LogP contribution < -0.4 is 5.32 Å². The second kappa shape index (κ2) is 6.40. The number of carbonyl (C=O) groups excluding carboxylic acids is 1. The molecule has 1 amide bonds. The maximum Gasteiger partial charge on any atom is 0.307 e. The van der Waals surface area contributed by atoms with Gasteiger partial charge in [-0.2, -0.15) is 0 Å². The van der Waals surface area contributed by atoms with Gasteiger partial charge in [0.25, 0.3) is 0 Å². The summed E-state index contributed by atoms with van der Waals surface area (Å²) >= 11 is 0. The van der Waals surface area contributed by atoms with Gasteiger partial charge in [-0.25, -0.2) is 0 Å². The summed E-state index contributed by atoms with van der Waals surface area (Å²) in [5, 5.41) is 12.1. The van der Waals surface area contributed by atoms with Crippen molar-refractivity contribution in [3.8, 4) is 0 Å². The molecule has 110 valence electrons. The third kappa shape index (κ3) is 4.84. The van der Waals surface area contributed by atoms with E-state index in [1.165, 1.54) is 0 Å². The summed E-state index contributed by atoms with van der Waals surface area (Å²) in [5.41, 5.74) is 0.182. The zero-order chi connectivity index (χ0) is 14.6. The van der Waals surface area contributed by atoms with Crippen LogP contribution in [-0.4, -0.2) is 23.5 Å². The van der Waals surface area contributed by atoms with Gasteiger partial charge < -0.3 is 10.4 Å². The molecule has 3 atom stereocenters. The highest BCUT2D eigenvalue weighted by atomic mass is 16.4. The third-order valence-corrected chi connectivity index (χ3v) is 4.07. The number of carboxylic acid groups (broad SMARTS) is 1. The number of carboxylic acids is 1. The Morgan fingerprint density at radius 2 is 1.79 bits per heavy atom. The van der Waals surface area contributed by atoms with E-state index in [1.807, 2.05) is 0 Å². The van der Waals surface area contributed by atoms with Gasteiger partial charge in [-0.1, -0.05) is 34.1 Å². The molecule has 0 aromatic carbocycles. The van der Waals surface area contributed by atoms with Crippen molar-refractivity contribution in [1.82, 2.24) is 5.32 Å². The molecule has 1 saturated carbocycles. The van der Waals surface area contributed by atoms with E-state index >= 15 is 0 Å². The maximum absolute atomic E-state index is 12.1. The first-order chi connectivity index (χ1) is 8.74. The standard InChI is InChI=1S/C15H27NO3/c1-5-10-8-11(12(9-10)14(18)19)13(17)16-7-6-15(2,3)4/h10-12H,5-9H2,1-4H3,(H,16,17)(H,18,19)/t10?,11-,12+/m0/s1. The van der Waals surface area contributed by atoms with E-state index in [4.69, 9.17) is 0 Å². The van der Waals surface area contributed by atoms with Crippen LogP contribution in [0.1, 0.15) is 53.4 Å². The molecule has 0 spiro atoms. The molecule has 0 aromatic heterocycles.